The predicted octanol–water partition coefficient (Wildman–Crippen LogP) is 2.34. The molecular formula is C28H30ClN5O5. The maximum absolute atomic E-state index is 13.3. The van der Waals surface area contributed by atoms with Gasteiger partial charge in [-0.15, -0.1) is 0 Å². The number of carbonyl (C=O) groups excluding carboxylic acids is 2. The third-order valence-corrected chi connectivity index (χ3v) is 7.42. The van der Waals surface area contributed by atoms with Crippen molar-refractivity contribution in [3.8, 4) is 11.3 Å². The van der Waals surface area contributed by atoms with Crippen molar-refractivity contribution in [3.63, 3.8) is 0 Å². The average molecular weight is 552 g/mol. The lowest BCUT2D eigenvalue weighted by Gasteiger charge is -2.32. The van der Waals surface area contributed by atoms with E-state index in [9.17, 15) is 19.8 Å². The Balaban J connectivity index is 1.30. The molecule has 39 heavy (non-hydrogen) atoms. The summed E-state index contributed by atoms with van der Waals surface area (Å²) in [4.78, 5) is 36.6. The Morgan fingerprint density at radius 3 is 2.59 bits per heavy atom. The number of aromatic nitrogens is 2. The molecule has 4 N–H and O–H groups in total. The minimum atomic E-state index is -1.36. The van der Waals surface area contributed by atoms with Crippen LogP contribution in [0.2, 0.25) is 5.02 Å². The highest BCUT2D eigenvalue weighted by Crippen LogP contribution is 2.32. The van der Waals surface area contributed by atoms with Gasteiger partial charge in [-0.3, -0.25) is 9.59 Å². The summed E-state index contributed by atoms with van der Waals surface area (Å²) < 4.78 is 5.41. The molecule has 5 rings (SSSR count). The summed E-state index contributed by atoms with van der Waals surface area (Å²) in [5.74, 6) is -0.335. The van der Waals surface area contributed by atoms with Crippen molar-refractivity contribution in [1.29, 1.82) is 0 Å². The molecule has 10 nitrogen and oxygen atoms in total. The molecule has 2 aliphatic heterocycles. The zero-order valence-electron chi connectivity index (χ0n) is 21.3. The van der Waals surface area contributed by atoms with E-state index in [-0.39, 0.29) is 25.0 Å². The number of rotatable bonds is 9. The Labute approximate surface area is 231 Å². The topological polar surface area (TPSA) is 137 Å². The SMILES string of the molecule is O=C(CN1Cc2ccc(-c3nc(NC4CCOCC4)ncc3Cl)cc2C1=O)NC(CO)(CO)c1ccccc1. The monoisotopic (exact) mass is 551 g/mol. The number of fused-ring (bicyclic) bond motifs is 1. The molecule has 0 bridgehead atoms. The molecule has 11 heteroatoms. The molecular weight excluding hydrogens is 522 g/mol. The maximum Gasteiger partial charge on any atom is 0.254 e. The van der Waals surface area contributed by atoms with Crippen LogP contribution in [0.1, 0.15) is 34.3 Å². The number of amides is 2. The van der Waals surface area contributed by atoms with E-state index < -0.39 is 24.7 Å². The zero-order valence-corrected chi connectivity index (χ0v) is 22.0. The molecule has 204 valence electrons. The predicted molar refractivity (Wildman–Crippen MR) is 145 cm³/mol. The maximum atomic E-state index is 13.3. The smallest absolute Gasteiger partial charge is 0.254 e. The lowest BCUT2D eigenvalue weighted by Crippen LogP contribution is -2.54. The Kier molecular flexibility index (Phi) is 8.08. The molecule has 2 aliphatic rings. The molecule has 0 aliphatic carbocycles. The molecule has 1 saturated heterocycles. The van der Waals surface area contributed by atoms with Crippen molar-refractivity contribution in [2.45, 2.75) is 31.0 Å². The first-order valence-electron chi connectivity index (χ1n) is 12.8. The van der Waals surface area contributed by atoms with Gasteiger partial charge < -0.3 is 30.5 Å². The quantitative estimate of drug-likeness (QED) is 0.318. The van der Waals surface area contributed by atoms with Crippen molar-refractivity contribution >= 4 is 29.4 Å². The molecule has 3 aromatic rings. The van der Waals surface area contributed by atoms with E-state index in [4.69, 9.17) is 16.3 Å². The molecule has 0 unspecified atom stereocenters. The highest BCUT2D eigenvalue weighted by molar-refractivity contribution is 6.33. The Hall–Kier alpha value is -3.57. The van der Waals surface area contributed by atoms with Crippen LogP contribution in [0.25, 0.3) is 11.3 Å². The third-order valence-electron chi connectivity index (χ3n) is 7.14. The van der Waals surface area contributed by atoms with E-state index >= 15 is 0 Å². The Morgan fingerprint density at radius 2 is 1.87 bits per heavy atom. The molecule has 0 saturated carbocycles. The van der Waals surface area contributed by atoms with E-state index in [2.05, 4.69) is 20.6 Å². The molecule has 2 aromatic carbocycles. The van der Waals surface area contributed by atoms with Crippen molar-refractivity contribution in [1.82, 2.24) is 20.2 Å². The lowest BCUT2D eigenvalue weighted by atomic mass is 9.91. The number of benzene rings is 2. The van der Waals surface area contributed by atoms with E-state index in [1.807, 2.05) is 12.1 Å². The first-order chi connectivity index (χ1) is 18.9. The van der Waals surface area contributed by atoms with Crippen molar-refractivity contribution < 1.29 is 24.5 Å². The Bertz CT molecular complexity index is 1350. The van der Waals surface area contributed by atoms with E-state index in [0.29, 0.717) is 46.6 Å². The summed E-state index contributed by atoms with van der Waals surface area (Å²) in [6.45, 7) is 0.403. The van der Waals surface area contributed by atoms with E-state index in [1.54, 1.807) is 42.6 Å². The molecule has 0 spiro atoms. The van der Waals surface area contributed by atoms with Crippen LogP contribution in [0.4, 0.5) is 5.95 Å². The minimum absolute atomic E-state index is 0.214. The molecule has 0 radical (unpaired) electrons. The first kappa shape index (κ1) is 27.0. The van der Waals surface area contributed by atoms with Gasteiger partial charge in [0.2, 0.25) is 11.9 Å². The van der Waals surface area contributed by atoms with Crippen LogP contribution in [-0.4, -0.2) is 75.9 Å². The van der Waals surface area contributed by atoms with Gasteiger partial charge in [0.05, 0.1) is 30.1 Å². The highest BCUT2D eigenvalue weighted by atomic mass is 35.5. The molecule has 1 aromatic heterocycles. The first-order valence-corrected chi connectivity index (χ1v) is 13.2. The second-order valence-corrected chi connectivity index (χ2v) is 10.2. The average Bonchev–Trinajstić information content (AvgIpc) is 3.27. The van der Waals surface area contributed by atoms with Crippen LogP contribution in [0.5, 0.6) is 0 Å². The number of nitrogens with one attached hydrogen (secondary N) is 2. The van der Waals surface area contributed by atoms with Gasteiger partial charge in [0.15, 0.2) is 0 Å². The number of hydrogen-bond acceptors (Lipinski definition) is 8. The van der Waals surface area contributed by atoms with Crippen molar-refractivity contribution in [3.05, 3.63) is 76.4 Å². The lowest BCUT2D eigenvalue weighted by molar-refractivity contribution is -0.125. The van der Waals surface area contributed by atoms with Crippen LogP contribution in [0.15, 0.2) is 54.7 Å². The van der Waals surface area contributed by atoms with Crippen LogP contribution in [0, 0.1) is 0 Å². The van der Waals surface area contributed by atoms with Gasteiger partial charge in [0.1, 0.15) is 12.1 Å². The molecule has 3 heterocycles. The fraction of sp³-hybridized carbons (Fsp3) is 0.357. The van der Waals surface area contributed by atoms with Gasteiger partial charge >= 0.3 is 0 Å². The number of anilines is 1. The number of ether oxygens (including phenoxy) is 1. The van der Waals surface area contributed by atoms with Crippen molar-refractivity contribution in [2.75, 3.05) is 38.3 Å². The fourth-order valence-corrected chi connectivity index (χ4v) is 5.12. The number of halogens is 1. The summed E-state index contributed by atoms with van der Waals surface area (Å²) in [5.41, 5.74) is 1.62. The number of hydrogen-bond donors (Lipinski definition) is 4. The fourth-order valence-electron chi connectivity index (χ4n) is 4.92. The largest absolute Gasteiger partial charge is 0.393 e. The zero-order chi connectivity index (χ0) is 27.4. The van der Waals surface area contributed by atoms with Gasteiger partial charge in [-0.25, -0.2) is 9.97 Å². The summed E-state index contributed by atoms with van der Waals surface area (Å²) in [7, 11) is 0. The number of nitrogens with zero attached hydrogens (tertiary/aromatic N) is 3. The standard InChI is InChI=1S/C28H30ClN5O5/c29-23-13-30-27(31-21-8-10-39-11-9-21)32-25(23)18-6-7-19-14-34(26(38)22(19)12-18)15-24(37)33-28(16-35,17-36)20-4-2-1-3-5-20/h1-7,12-13,21,35-36H,8-11,14-17H2,(H,33,37)(H,30,31,32). The molecule has 2 amide bonds. The second kappa shape index (κ2) is 11.7. The summed E-state index contributed by atoms with van der Waals surface area (Å²) in [6.07, 6.45) is 3.26. The van der Waals surface area contributed by atoms with Crippen LogP contribution >= 0.6 is 11.6 Å². The summed E-state index contributed by atoms with van der Waals surface area (Å²) in [6, 6.07) is 14.4. The van der Waals surface area contributed by atoms with Crippen molar-refractivity contribution in [2.24, 2.45) is 0 Å². The number of aliphatic hydroxyl groups excluding tert-OH is 2. The second-order valence-electron chi connectivity index (χ2n) is 9.77. The molecule has 0 atom stereocenters. The van der Waals surface area contributed by atoms with Crippen LogP contribution in [-0.2, 0) is 21.6 Å². The minimum Gasteiger partial charge on any atom is -0.393 e. The molecule has 1 fully saturated rings. The van der Waals surface area contributed by atoms with Gasteiger partial charge in [0, 0.05) is 36.9 Å². The Morgan fingerprint density at radius 1 is 1.13 bits per heavy atom. The normalized spacial score (nSPS) is 15.8. The van der Waals surface area contributed by atoms with E-state index in [0.717, 1.165) is 18.4 Å². The van der Waals surface area contributed by atoms with Gasteiger partial charge in [0.25, 0.3) is 5.91 Å². The van der Waals surface area contributed by atoms with Gasteiger partial charge in [-0.05, 0) is 30.0 Å². The number of aliphatic hydroxyl groups is 2. The number of carbonyl (C=O) groups is 2. The van der Waals surface area contributed by atoms with E-state index in [1.165, 1.54) is 4.90 Å². The van der Waals surface area contributed by atoms with Gasteiger partial charge in [-0.1, -0.05) is 54.1 Å². The van der Waals surface area contributed by atoms with Crippen LogP contribution in [0.3, 0.4) is 0 Å². The highest BCUT2D eigenvalue weighted by Gasteiger charge is 2.35. The third kappa shape index (κ3) is 5.74. The van der Waals surface area contributed by atoms with Crippen LogP contribution < -0.4 is 10.6 Å². The van der Waals surface area contributed by atoms with Gasteiger partial charge in [-0.2, -0.15) is 0 Å². The summed E-state index contributed by atoms with van der Waals surface area (Å²) in [5, 5.41) is 26.5. The summed E-state index contributed by atoms with van der Waals surface area (Å²) >= 11 is 6.44.